The molecule has 0 spiro atoms. The third kappa shape index (κ3) is 11.1. The van der Waals surface area contributed by atoms with E-state index in [-0.39, 0.29) is 19.1 Å². The van der Waals surface area contributed by atoms with E-state index in [1.165, 1.54) is 0 Å². The highest BCUT2D eigenvalue weighted by atomic mass is 19.4. The Bertz CT molecular complexity index is 192. The summed E-state index contributed by atoms with van der Waals surface area (Å²) in [6.07, 6.45) is -4.58. The number of alkyl halides is 3. The molecule has 0 saturated carbocycles. The predicted molar refractivity (Wildman–Crippen MR) is 47.6 cm³/mol. The summed E-state index contributed by atoms with van der Waals surface area (Å²) in [7, 11) is 0. The summed E-state index contributed by atoms with van der Waals surface area (Å²) in [5.41, 5.74) is 0. The smallest absolute Gasteiger partial charge is 0.391 e. The molecule has 0 heterocycles. The maximum Gasteiger partial charge on any atom is 0.391 e. The van der Waals surface area contributed by atoms with Gasteiger partial charge < -0.3 is 9.84 Å². The van der Waals surface area contributed by atoms with E-state index in [1.807, 2.05) is 0 Å². The molecule has 15 heavy (non-hydrogen) atoms. The normalized spacial score (nSPS) is 13.9. The summed E-state index contributed by atoms with van der Waals surface area (Å²) in [6.45, 7) is 1.27. The zero-order valence-corrected chi connectivity index (χ0v) is 8.51. The van der Waals surface area contributed by atoms with Crippen LogP contribution in [0.5, 0.6) is 0 Å². The lowest BCUT2D eigenvalue weighted by atomic mass is 10.2. The molecule has 90 valence electrons. The minimum Gasteiger partial charge on any atom is -0.481 e. The summed E-state index contributed by atoms with van der Waals surface area (Å²) >= 11 is 0. The van der Waals surface area contributed by atoms with Crippen LogP contribution in [0, 0.1) is 0 Å². The van der Waals surface area contributed by atoms with Gasteiger partial charge in [-0.2, -0.15) is 13.2 Å². The Kier molecular flexibility index (Phi) is 6.31. The van der Waals surface area contributed by atoms with Gasteiger partial charge in [0.15, 0.2) is 0 Å². The first-order valence-corrected chi connectivity index (χ1v) is 4.71. The molecule has 0 aromatic heterocycles. The van der Waals surface area contributed by atoms with Crippen molar-refractivity contribution in [1.29, 1.82) is 0 Å². The van der Waals surface area contributed by atoms with E-state index in [9.17, 15) is 18.0 Å². The molecule has 0 radical (unpaired) electrons. The van der Waals surface area contributed by atoms with Crippen molar-refractivity contribution < 1.29 is 27.8 Å². The van der Waals surface area contributed by atoms with E-state index >= 15 is 0 Å². The monoisotopic (exact) mass is 228 g/mol. The minimum absolute atomic E-state index is 0.0208. The molecule has 0 aliphatic rings. The van der Waals surface area contributed by atoms with Gasteiger partial charge >= 0.3 is 12.1 Å². The van der Waals surface area contributed by atoms with Gasteiger partial charge in [0, 0.05) is 6.42 Å². The van der Waals surface area contributed by atoms with Crippen LogP contribution in [0.1, 0.15) is 32.6 Å². The van der Waals surface area contributed by atoms with Crippen molar-refractivity contribution >= 4 is 5.97 Å². The van der Waals surface area contributed by atoms with E-state index in [2.05, 4.69) is 0 Å². The number of aliphatic carboxylic acids is 1. The molecule has 0 saturated heterocycles. The average Bonchev–Trinajstić information content (AvgIpc) is 2.00. The largest absolute Gasteiger partial charge is 0.481 e. The summed E-state index contributed by atoms with van der Waals surface area (Å²) in [5, 5.41) is 8.32. The van der Waals surface area contributed by atoms with Gasteiger partial charge in [-0.3, -0.25) is 4.79 Å². The van der Waals surface area contributed by atoms with Gasteiger partial charge in [0.2, 0.25) is 0 Å². The molecule has 1 N–H and O–H groups in total. The summed E-state index contributed by atoms with van der Waals surface area (Å²) in [6, 6.07) is 0. The zero-order valence-electron chi connectivity index (χ0n) is 8.51. The van der Waals surface area contributed by atoms with Crippen molar-refractivity contribution in [1.82, 2.24) is 0 Å². The third-order valence-corrected chi connectivity index (χ3v) is 1.79. The van der Waals surface area contributed by atoms with Gasteiger partial charge in [-0.1, -0.05) is 0 Å². The zero-order chi connectivity index (χ0) is 11.9. The standard InChI is InChI=1S/C9H15F3O3/c1-7(3-2-4-8(13)14)15-6-5-9(10,11)12/h7H,2-6H2,1H3,(H,13,14). The van der Waals surface area contributed by atoms with E-state index in [4.69, 9.17) is 9.84 Å². The van der Waals surface area contributed by atoms with Crippen LogP contribution in [0.25, 0.3) is 0 Å². The maximum absolute atomic E-state index is 11.7. The highest BCUT2D eigenvalue weighted by Gasteiger charge is 2.26. The molecule has 0 aromatic rings. The van der Waals surface area contributed by atoms with Crippen molar-refractivity contribution in [2.45, 2.75) is 44.9 Å². The van der Waals surface area contributed by atoms with Gasteiger partial charge in [0.25, 0.3) is 0 Å². The molecule has 0 bridgehead atoms. The van der Waals surface area contributed by atoms with Crippen LogP contribution in [0.15, 0.2) is 0 Å². The lowest BCUT2D eigenvalue weighted by Crippen LogP contribution is -2.16. The Morgan fingerprint density at radius 1 is 1.47 bits per heavy atom. The summed E-state index contributed by atoms with van der Waals surface area (Å²) in [5.74, 6) is -0.905. The SMILES string of the molecule is CC(CCCC(=O)O)OCCC(F)(F)F. The number of halogens is 3. The number of ether oxygens (including phenoxy) is 1. The molecule has 0 aliphatic carbocycles. The molecule has 1 atom stereocenters. The van der Waals surface area contributed by atoms with Crippen LogP contribution < -0.4 is 0 Å². The van der Waals surface area contributed by atoms with Gasteiger partial charge in [-0.05, 0) is 19.8 Å². The average molecular weight is 228 g/mol. The van der Waals surface area contributed by atoms with Crippen LogP contribution >= 0.6 is 0 Å². The molecule has 3 nitrogen and oxygen atoms in total. The van der Waals surface area contributed by atoms with Crippen LogP contribution in [-0.2, 0) is 9.53 Å². The second-order valence-corrected chi connectivity index (χ2v) is 3.33. The minimum atomic E-state index is -4.19. The number of carboxylic acids is 1. The Balaban J connectivity index is 3.41. The molecule has 0 amide bonds. The Morgan fingerprint density at radius 2 is 2.07 bits per heavy atom. The first kappa shape index (κ1) is 14.2. The number of hydrogen-bond donors (Lipinski definition) is 1. The molecule has 0 aliphatic heterocycles. The van der Waals surface area contributed by atoms with E-state index in [1.54, 1.807) is 6.92 Å². The van der Waals surface area contributed by atoms with Gasteiger partial charge in [-0.25, -0.2) is 0 Å². The quantitative estimate of drug-likeness (QED) is 0.728. The molecule has 0 rings (SSSR count). The number of carbonyl (C=O) groups is 1. The van der Waals surface area contributed by atoms with Crippen molar-refractivity contribution in [2.24, 2.45) is 0 Å². The summed E-state index contributed by atoms with van der Waals surface area (Å²) < 4.78 is 40.0. The van der Waals surface area contributed by atoms with Crippen molar-refractivity contribution in [2.75, 3.05) is 6.61 Å². The fraction of sp³-hybridized carbons (Fsp3) is 0.889. The fourth-order valence-electron chi connectivity index (χ4n) is 1.000. The highest BCUT2D eigenvalue weighted by Crippen LogP contribution is 2.19. The van der Waals surface area contributed by atoms with Crippen molar-refractivity contribution in [3.63, 3.8) is 0 Å². The fourth-order valence-corrected chi connectivity index (χ4v) is 1.000. The molecule has 0 fully saturated rings. The van der Waals surface area contributed by atoms with Crippen LogP contribution in [0.3, 0.4) is 0 Å². The molecular weight excluding hydrogens is 213 g/mol. The number of carboxylic acid groups (broad SMARTS) is 1. The lowest BCUT2D eigenvalue weighted by molar-refractivity contribution is -0.148. The summed E-state index contributed by atoms with van der Waals surface area (Å²) in [4.78, 5) is 10.1. The van der Waals surface area contributed by atoms with Crippen LogP contribution in [0.2, 0.25) is 0 Å². The number of rotatable bonds is 7. The van der Waals surface area contributed by atoms with Gasteiger partial charge in [0.1, 0.15) is 0 Å². The first-order valence-electron chi connectivity index (χ1n) is 4.71. The maximum atomic E-state index is 11.7. The predicted octanol–water partition coefficient (Wildman–Crippen LogP) is 2.60. The van der Waals surface area contributed by atoms with E-state index in [0.29, 0.717) is 12.8 Å². The van der Waals surface area contributed by atoms with Gasteiger partial charge in [0.05, 0.1) is 19.1 Å². The Labute approximate surface area is 86.2 Å². The van der Waals surface area contributed by atoms with Gasteiger partial charge in [-0.15, -0.1) is 0 Å². The van der Waals surface area contributed by atoms with E-state index < -0.39 is 18.6 Å². The third-order valence-electron chi connectivity index (χ3n) is 1.79. The topological polar surface area (TPSA) is 46.5 Å². The second-order valence-electron chi connectivity index (χ2n) is 3.33. The Hall–Kier alpha value is -0.780. The molecule has 0 aromatic carbocycles. The van der Waals surface area contributed by atoms with Crippen molar-refractivity contribution in [3.8, 4) is 0 Å². The molecule has 6 heteroatoms. The lowest BCUT2D eigenvalue weighted by Gasteiger charge is -2.13. The molecule has 1 unspecified atom stereocenters. The van der Waals surface area contributed by atoms with Crippen LogP contribution in [0.4, 0.5) is 13.2 Å². The van der Waals surface area contributed by atoms with E-state index in [0.717, 1.165) is 0 Å². The van der Waals surface area contributed by atoms with Crippen molar-refractivity contribution in [3.05, 3.63) is 0 Å². The second kappa shape index (κ2) is 6.66. The first-order chi connectivity index (χ1) is 6.81. The number of hydrogen-bond acceptors (Lipinski definition) is 2. The molecular formula is C9H15F3O3. The van der Waals surface area contributed by atoms with Crippen LogP contribution in [-0.4, -0.2) is 30.0 Å². The Morgan fingerprint density at radius 3 is 2.53 bits per heavy atom. The highest BCUT2D eigenvalue weighted by molar-refractivity contribution is 5.66.